The van der Waals surface area contributed by atoms with Crippen LogP contribution in [0.2, 0.25) is 0 Å². The van der Waals surface area contributed by atoms with Crippen LogP contribution in [0.5, 0.6) is 0 Å². The van der Waals surface area contributed by atoms with Gasteiger partial charge in [-0.3, -0.25) is 5.41 Å². The Kier molecular flexibility index (Phi) is 19.6. The number of aryl methyl sites for hydroxylation is 1. The van der Waals surface area contributed by atoms with Crippen LogP contribution in [-0.4, -0.2) is 22.5 Å². The fourth-order valence-electron chi connectivity index (χ4n) is 8.04. The molecular formula is C44H62BrClN4OS2. The Morgan fingerprint density at radius 1 is 0.736 bits per heavy atom. The summed E-state index contributed by atoms with van der Waals surface area (Å²) in [5.74, 6) is 2.82. The minimum Gasteiger partial charge on any atom is -0.481 e. The summed E-state index contributed by atoms with van der Waals surface area (Å²) in [6.07, 6.45) is 26.2. The molecular weight excluding hydrogens is 780 g/mol. The Labute approximate surface area is 342 Å². The van der Waals surface area contributed by atoms with Gasteiger partial charge in [0.15, 0.2) is 5.90 Å². The molecule has 4 aliphatic rings. The zero-order valence-corrected chi connectivity index (χ0v) is 36.2. The van der Waals surface area contributed by atoms with Crippen LogP contribution in [0, 0.1) is 35.5 Å². The molecule has 9 heteroatoms. The van der Waals surface area contributed by atoms with Crippen molar-refractivity contribution in [2.24, 2.45) is 11.8 Å². The molecule has 5 nitrogen and oxygen atoms in total. The molecule has 4 aromatic rings. The molecule has 0 spiro atoms. The molecule has 0 bridgehead atoms. The summed E-state index contributed by atoms with van der Waals surface area (Å²) in [6.45, 7) is 4.74. The molecule has 290 valence electrons. The van der Waals surface area contributed by atoms with Crippen molar-refractivity contribution in [2.75, 3.05) is 6.61 Å². The summed E-state index contributed by atoms with van der Waals surface area (Å²) in [7, 11) is 0. The lowest BCUT2D eigenvalue weighted by molar-refractivity contribution is 0.276. The second-order valence-corrected chi connectivity index (χ2v) is 18.0. The summed E-state index contributed by atoms with van der Waals surface area (Å²) in [4.78, 5) is 9.61. The quantitative estimate of drug-likeness (QED) is 0.123. The van der Waals surface area contributed by atoms with Crippen molar-refractivity contribution in [3.63, 3.8) is 0 Å². The lowest BCUT2D eigenvalue weighted by Crippen LogP contribution is -2.19. The summed E-state index contributed by atoms with van der Waals surface area (Å²) in [5, 5.41) is 19.7. The van der Waals surface area contributed by atoms with E-state index in [-0.39, 0.29) is 12.4 Å². The van der Waals surface area contributed by atoms with Gasteiger partial charge in [-0.2, -0.15) is 5.26 Å². The summed E-state index contributed by atoms with van der Waals surface area (Å²) >= 11 is 7.32. The van der Waals surface area contributed by atoms with Crippen molar-refractivity contribution in [3.8, 4) is 6.07 Å². The Morgan fingerprint density at radius 3 is 1.68 bits per heavy atom. The van der Waals surface area contributed by atoms with Gasteiger partial charge in [0.1, 0.15) is 0 Å². The summed E-state index contributed by atoms with van der Waals surface area (Å²) in [6, 6.07) is 15.5. The summed E-state index contributed by atoms with van der Waals surface area (Å²) < 4.78 is 7.88. The van der Waals surface area contributed by atoms with Crippen LogP contribution in [-0.2, 0) is 10.1 Å². The predicted octanol–water partition coefficient (Wildman–Crippen LogP) is 15.0. The fourth-order valence-corrected chi connectivity index (χ4v) is 10.8. The van der Waals surface area contributed by atoms with Crippen LogP contribution >= 0.6 is 51.0 Å². The zero-order chi connectivity index (χ0) is 36.5. The van der Waals surface area contributed by atoms with Gasteiger partial charge in [-0.05, 0) is 101 Å². The van der Waals surface area contributed by atoms with E-state index in [9.17, 15) is 0 Å². The number of benzene rings is 2. The lowest BCUT2D eigenvalue weighted by Gasteiger charge is -2.21. The molecule has 4 aliphatic carbocycles. The molecule has 0 saturated heterocycles. The first-order valence-corrected chi connectivity index (χ1v) is 23.2. The van der Waals surface area contributed by atoms with E-state index in [1.54, 1.807) is 0 Å². The maximum absolute atomic E-state index is 8.44. The molecule has 4 fully saturated rings. The SMILES string of the molecule is BrCc1ccc2nc(C3CCCCC3)sc2c1.CCOC(=N)C1CCCCC1.Cc1ccc2nc(C3CCCCC3)sc2c1.Cl.N#CC1CCCCC1. The first kappa shape index (κ1) is 43.7. The van der Waals surface area contributed by atoms with Crippen molar-refractivity contribution in [2.45, 2.75) is 159 Å². The molecule has 2 heterocycles. The number of nitrogens with zero attached hydrogens (tertiary/aromatic N) is 3. The molecule has 53 heavy (non-hydrogen) atoms. The third-order valence-corrected chi connectivity index (χ3v) is 14.2. The molecule has 0 atom stereocenters. The third kappa shape index (κ3) is 13.9. The average Bonchev–Trinajstić information content (AvgIpc) is 3.84. The van der Waals surface area contributed by atoms with Crippen LogP contribution in [0.1, 0.15) is 168 Å². The Morgan fingerprint density at radius 2 is 1.21 bits per heavy atom. The van der Waals surface area contributed by atoms with Crippen LogP contribution < -0.4 is 0 Å². The monoisotopic (exact) mass is 840 g/mol. The minimum atomic E-state index is 0. The first-order chi connectivity index (χ1) is 25.5. The highest BCUT2D eigenvalue weighted by atomic mass is 79.9. The molecule has 0 amide bonds. The highest BCUT2D eigenvalue weighted by Gasteiger charge is 2.21. The van der Waals surface area contributed by atoms with Crippen LogP contribution in [0.25, 0.3) is 20.4 Å². The van der Waals surface area contributed by atoms with Gasteiger partial charge < -0.3 is 4.74 Å². The van der Waals surface area contributed by atoms with Crippen LogP contribution in [0.15, 0.2) is 36.4 Å². The van der Waals surface area contributed by atoms with Crippen molar-refractivity contribution in [3.05, 3.63) is 57.5 Å². The number of ether oxygens (including phenoxy) is 1. The van der Waals surface area contributed by atoms with Crippen LogP contribution in [0.4, 0.5) is 0 Å². The Bertz CT molecular complexity index is 1690. The topological polar surface area (TPSA) is 82.7 Å². The number of hydrogen-bond donors (Lipinski definition) is 1. The fraction of sp³-hybridized carbons (Fsp3) is 0.636. The largest absolute Gasteiger partial charge is 0.481 e. The smallest absolute Gasteiger partial charge is 0.183 e. The number of rotatable bonds is 5. The van der Waals surface area contributed by atoms with Gasteiger partial charge in [0, 0.05) is 29.0 Å². The number of halogens is 2. The number of thiazole rings is 2. The van der Waals surface area contributed by atoms with E-state index in [1.165, 1.54) is 157 Å². The average molecular weight is 842 g/mol. The molecule has 0 unspecified atom stereocenters. The predicted molar refractivity (Wildman–Crippen MR) is 234 cm³/mol. The van der Waals surface area contributed by atoms with E-state index >= 15 is 0 Å². The summed E-state index contributed by atoms with van der Waals surface area (Å²) in [5.41, 5.74) is 5.05. The third-order valence-electron chi connectivity index (χ3n) is 11.2. The second kappa shape index (κ2) is 23.8. The van der Waals surface area contributed by atoms with Gasteiger partial charge in [-0.25, -0.2) is 9.97 Å². The molecule has 4 saturated carbocycles. The van der Waals surface area contributed by atoms with Crippen molar-refractivity contribution in [1.29, 1.82) is 10.7 Å². The number of fused-ring (bicyclic) bond motifs is 2. The minimum absolute atomic E-state index is 0. The highest BCUT2D eigenvalue weighted by Crippen LogP contribution is 2.38. The second-order valence-electron chi connectivity index (χ2n) is 15.3. The normalized spacial score (nSPS) is 18.6. The van der Waals surface area contributed by atoms with Gasteiger partial charge in [0.2, 0.25) is 0 Å². The van der Waals surface area contributed by atoms with Gasteiger partial charge in [0.25, 0.3) is 0 Å². The maximum atomic E-state index is 8.44. The molecule has 2 aromatic heterocycles. The Balaban J connectivity index is 0.000000163. The van der Waals surface area contributed by atoms with Gasteiger partial charge >= 0.3 is 0 Å². The standard InChI is InChI=1S/C14H16BrNS.C14H17NS.C9H17NO.C7H11N.ClH/c15-9-10-6-7-12-13(8-10)17-14(16-12)11-4-2-1-3-5-11;1-10-7-8-12-13(9-10)16-14(15-12)11-5-3-2-4-6-11;1-2-11-9(10)8-6-4-3-5-7-8;8-6-7-4-2-1-3-5-7;/h6-8,11H,1-5,9H2;7-9,11H,2-6H2,1H3;8,10H,2-7H2,1H3;7H,1-5H2;1H. The van der Waals surface area contributed by atoms with Gasteiger partial charge in [-0.15, -0.1) is 35.1 Å². The number of nitriles is 1. The van der Waals surface area contributed by atoms with E-state index in [2.05, 4.69) is 65.3 Å². The molecule has 0 radical (unpaired) electrons. The first-order valence-electron chi connectivity index (χ1n) is 20.4. The number of aromatic nitrogens is 2. The van der Waals surface area contributed by atoms with E-state index in [0.29, 0.717) is 24.3 Å². The number of nitrogens with one attached hydrogen (secondary N) is 1. The van der Waals surface area contributed by atoms with E-state index in [1.807, 2.05) is 29.6 Å². The van der Waals surface area contributed by atoms with Crippen LogP contribution in [0.3, 0.4) is 0 Å². The van der Waals surface area contributed by atoms with Crippen molar-refractivity contribution >= 4 is 77.3 Å². The highest BCUT2D eigenvalue weighted by molar-refractivity contribution is 9.08. The lowest BCUT2D eigenvalue weighted by atomic mass is 9.89. The number of alkyl halides is 1. The molecule has 8 rings (SSSR count). The van der Waals surface area contributed by atoms with Gasteiger partial charge in [0.05, 0.1) is 43.1 Å². The Hall–Kier alpha value is -2.05. The van der Waals surface area contributed by atoms with E-state index in [0.717, 1.165) is 30.0 Å². The maximum Gasteiger partial charge on any atom is 0.183 e. The zero-order valence-electron chi connectivity index (χ0n) is 32.2. The van der Waals surface area contributed by atoms with Crippen molar-refractivity contribution < 1.29 is 4.74 Å². The molecule has 1 N–H and O–H groups in total. The van der Waals surface area contributed by atoms with E-state index in [4.69, 9.17) is 25.4 Å². The van der Waals surface area contributed by atoms with Gasteiger partial charge in [-0.1, -0.05) is 105 Å². The van der Waals surface area contributed by atoms with E-state index < -0.39 is 0 Å². The van der Waals surface area contributed by atoms with Crippen molar-refractivity contribution in [1.82, 2.24) is 9.97 Å². The number of hydrogen-bond acceptors (Lipinski definition) is 7. The molecule has 0 aliphatic heterocycles. The molecule has 2 aromatic carbocycles.